The molecule has 1 amide bonds. The number of aryl methyl sites for hydroxylation is 1. The molecule has 1 atom stereocenters. The minimum absolute atomic E-state index is 0.133. The van der Waals surface area contributed by atoms with Gasteiger partial charge in [0.1, 0.15) is 17.2 Å². The number of hydrogen-bond donors (Lipinski definition) is 1. The highest BCUT2D eigenvalue weighted by Crippen LogP contribution is 2.40. The van der Waals surface area contributed by atoms with Crippen molar-refractivity contribution in [2.75, 3.05) is 39.4 Å². The summed E-state index contributed by atoms with van der Waals surface area (Å²) in [7, 11) is 0. The summed E-state index contributed by atoms with van der Waals surface area (Å²) in [5.41, 5.74) is 1.42. The number of carbonyl (C=O) groups is 2. The summed E-state index contributed by atoms with van der Waals surface area (Å²) >= 11 is 0. The Balaban J connectivity index is 1.62. The van der Waals surface area contributed by atoms with E-state index in [1.807, 2.05) is 6.07 Å². The molecule has 4 heterocycles. The Labute approximate surface area is 195 Å². The van der Waals surface area contributed by atoms with Crippen molar-refractivity contribution in [1.29, 1.82) is 0 Å². The van der Waals surface area contributed by atoms with Crippen LogP contribution in [0.15, 0.2) is 54.2 Å². The number of Topliss-reactive ketones (excluding diaryl/α,β-unsaturated/α-hetero) is 1. The van der Waals surface area contributed by atoms with Crippen LogP contribution in [-0.2, 0) is 14.3 Å². The fourth-order valence-corrected chi connectivity index (χ4v) is 4.73. The van der Waals surface area contributed by atoms with E-state index < -0.39 is 23.5 Å². The molecule has 2 saturated heterocycles. The lowest BCUT2D eigenvalue weighted by Crippen LogP contribution is -2.42. The Kier molecular flexibility index (Phi) is 5.89. The van der Waals surface area contributed by atoms with Crippen molar-refractivity contribution in [2.45, 2.75) is 13.0 Å². The molecule has 2 fully saturated rings. The molecular weight excluding hydrogens is 439 g/mol. The first kappa shape index (κ1) is 22.2. The van der Waals surface area contributed by atoms with Gasteiger partial charge in [-0.15, -0.1) is 0 Å². The summed E-state index contributed by atoms with van der Waals surface area (Å²) in [4.78, 5) is 34.3. The topological polar surface area (TPSA) is 87.4 Å². The van der Waals surface area contributed by atoms with Crippen molar-refractivity contribution in [3.8, 4) is 0 Å². The van der Waals surface area contributed by atoms with Crippen molar-refractivity contribution in [2.24, 2.45) is 0 Å². The molecule has 1 N–H and O–H groups in total. The van der Waals surface area contributed by atoms with Crippen LogP contribution in [0.1, 0.15) is 23.0 Å². The van der Waals surface area contributed by atoms with Gasteiger partial charge in [0.05, 0.1) is 30.5 Å². The van der Waals surface area contributed by atoms with Crippen LogP contribution < -0.4 is 0 Å². The van der Waals surface area contributed by atoms with Gasteiger partial charge in [-0.3, -0.25) is 18.9 Å². The summed E-state index contributed by atoms with van der Waals surface area (Å²) in [6, 6.07) is 10.4. The van der Waals surface area contributed by atoms with Crippen LogP contribution in [-0.4, -0.2) is 75.4 Å². The average Bonchev–Trinajstić information content (AvgIpc) is 3.31. The summed E-state index contributed by atoms with van der Waals surface area (Å²) in [6.07, 6.45) is 1.72. The highest BCUT2D eigenvalue weighted by atomic mass is 19.1. The molecule has 9 heteroatoms. The fourth-order valence-electron chi connectivity index (χ4n) is 4.73. The van der Waals surface area contributed by atoms with E-state index in [-0.39, 0.29) is 23.4 Å². The molecule has 5 rings (SSSR count). The van der Waals surface area contributed by atoms with Gasteiger partial charge in [0.2, 0.25) is 0 Å². The number of amides is 1. The van der Waals surface area contributed by atoms with E-state index in [0.29, 0.717) is 36.8 Å². The minimum atomic E-state index is -1.05. The molecule has 0 saturated carbocycles. The zero-order valence-corrected chi connectivity index (χ0v) is 18.8. The first-order chi connectivity index (χ1) is 16.5. The Morgan fingerprint density at radius 2 is 1.85 bits per heavy atom. The number of pyridine rings is 1. The largest absolute Gasteiger partial charge is 0.505 e. The van der Waals surface area contributed by atoms with E-state index in [4.69, 9.17) is 4.74 Å². The first-order valence-corrected chi connectivity index (χ1v) is 11.2. The lowest BCUT2D eigenvalue weighted by molar-refractivity contribution is -0.140. The van der Waals surface area contributed by atoms with Crippen molar-refractivity contribution in [3.63, 3.8) is 0 Å². The van der Waals surface area contributed by atoms with Crippen LogP contribution in [0.25, 0.3) is 11.4 Å². The number of ketones is 1. The number of carbonyl (C=O) groups excluding carboxylic acids is 2. The number of hydrogen-bond acceptors (Lipinski definition) is 6. The van der Waals surface area contributed by atoms with E-state index in [1.54, 1.807) is 47.9 Å². The van der Waals surface area contributed by atoms with Crippen LogP contribution in [0, 0.1) is 12.7 Å². The molecule has 2 aliphatic rings. The van der Waals surface area contributed by atoms with E-state index in [1.165, 1.54) is 11.0 Å². The molecule has 34 heavy (non-hydrogen) atoms. The maximum absolute atomic E-state index is 15.0. The third kappa shape index (κ3) is 3.76. The van der Waals surface area contributed by atoms with Crippen LogP contribution >= 0.6 is 0 Å². The number of imidazole rings is 1. The zero-order valence-electron chi connectivity index (χ0n) is 18.8. The van der Waals surface area contributed by atoms with E-state index >= 15 is 0 Å². The molecular formula is C25H25FN4O4. The maximum Gasteiger partial charge on any atom is 0.295 e. The quantitative estimate of drug-likeness (QED) is 0.355. The highest BCUT2D eigenvalue weighted by molar-refractivity contribution is 6.46. The predicted octanol–water partition coefficient (Wildman–Crippen LogP) is 2.54. The highest BCUT2D eigenvalue weighted by Gasteiger charge is 2.47. The van der Waals surface area contributed by atoms with Crippen molar-refractivity contribution < 1.29 is 23.8 Å². The number of aliphatic hydroxyl groups is 1. The average molecular weight is 464 g/mol. The lowest BCUT2D eigenvalue weighted by atomic mass is 9.96. The third-order valence-electron chi connectivity index (χ3n) is 6.43. The molecule has 3 aromatic rings. The second-order valence-corrected chi connectivity index (χ2v) is 8.44. The first-order valence-electron chi connectivity index (χ1n) is 11.2. The standard InChI is InChI=1S/C25H25FN4O4/c1-16-21(29-9-5-4-8-19(29)27-16)23(31)20-22(17-6-2-3-7-18(17)26)30(25(33)24(20)32)11-10-28-12-14-34-15-13-28/h2-9,22,31H,10-15H2,1H3/t22-/m1/s1. The summed E-state index contributed by atoms with van der Waals surface area (Å²) in [5.74, 6) is -2.50. The Hall–Kier alpha value is -3.56. The minimum Gasteiger partial charge on any atom is -0.505 e. The number of aliphatic hydroxyl groups excluding tert-OH is 1. The number of nitrogens with zero attached hydrogens (tertiary/aromatic N) is 4. The summed E-state index contributed by atoms with van der Waals surface area (Å²) in [6.45, 7) is 5.08. The van der Waals surface area contributed by atoms with Crippen LogP contribution in [0.2, 0.25) is 0 Å². The van der Waals surface area contributed by atoms with E-state index in [9.17, 15) is 19.1 Å². The number of ether oxygens (including phenoxy) is 1. The molecule has 176 valence electrons. The summed E-state index contributed by atoms with van der Waals surface area (Å²) in [5, 5.41) is 11.4. The summed E-state index contributed by atoms with van der Waals surface area (Å²) < 4.78 is 22.0. The third-order valence-corrected chi connectivity index (χ3v) is 6.43. The van der Waals surface area contributed by atoms with Crippen molar-refractivity contribution >= 4 is 23.1 Å². The van der Waals surface area contributed by atoms with Gasteiger partial charge in [-0.2, -0.15) is 0 Å². The second kappa shape index (κ2) is 9.00. The predicted molar refractivity (Wildman–Crippen MR) is 123 cm³/mol. The van der Waals surface area contributed by atoms with E-state index in [2.05, 4.69) is 9.88 Å². The van der Waals surface area contributed by atoms with Crippen LogP contribution in [0.4, 0.5) is 4.39 Å². The molecule has 2 aliphatic heterocycles. The molecule has 8 nitrogen and oxygen atoms in total. The van der Waals surface area contributed by atoms with Gasteiger partial charge in [0, 0.05) is 37.9 Å². The number of halogens is 1. The molecule has 0 radical (unpaired) electrons. The Morgan fingerprint density at radius 1 is 1.12 bits per heavy atom. The number of morpholine rings is 1. The van der Waals surface area contributed by atoms with Gasteiger partial charge in [0.25, 0.3) is 11.7 Å². The van der Waals surface area contributed by atoms with Gasteiger partial charge >= 0.3 is 0 Å². The number of aromatic nitrogens is 2. The van der Waals surface area contributed by atoms with Crippen molar-refractivity contribution in [3.05, 3.63) is 77.0 Å². The number of fused-ring (bicyclic) bond motifs is 1. The molecule has 1 aromatic carbocycles. The van der Waals surface area contributed by atoms with E-state index in [0.717, 1.165) is 13.1 Å². The molecule has 0 aliphatic carbocycles. The van der Waals surface area contributed by atoms with Gasteiger partial charge in [-0.25, -0.2) is 9.37 Å². The molecule has 0 bridgehead atoms. The second-order valence-electron chi connectivity index (χ2n) is 8.44. The number of benzene rings is 1. The van der Waals surface area contributed by atoms with Crippen molar-refractivity contribution in [1.82, 2.24) is 19.2 Å². The lowest BCUT2D eigenvalue weighted by Gasteiger charge is -2.31. The smallest absolute Gasteiger partial charge is 0.295 e. The number of rotatable bonds is 5. The van der Waals surface area contributed by atoms with Gasteiger partial charge in [-0.1, -0.05) is 24.3 Å². The normalized spacial score (nSPS) is 21.0. The van der Waals surface area contributed by atoms with Crippen LogP contribution in [0.5, 0.6) is 0 Å². The van der Waals surface area contributed by atoms with Gasteiger partial charge < -0.3 is 14.7 Å². The van der Waals surface area contributed by atoms with Gasteiger partial charge in [-0.05, 0) is 25.1 Å². The SMILES string of the molecule is Cc1nc2ccccn2c1C(O)=C1C(=O)C(=O)N(CCN2CCOCC2)[C@@H]1c1ccccc1F. The Morgan fingerprint density at radius 3 is 2.62 bits per heavy atom. The molecule has 2 aromatic heterocycles. The maximum atomic E-state index is 15.0. The van der Waals surface area contributed by atoms with Crippen LogP contribution in [0.3, 0.4) is 0 Å². The molecule has 0 unspecified atom stereocenters. The fraction of sp³-hybridized carbons (Fsp3) is 0.320. The monoisotopic (exact) mass is 464 g/mol. The zero-order chi connectivity index (χ0) is 23.8. The van der Waals surface area contributed by atoms with Gasteiger partial charge in [0.15, 0.2) is 5.76 Å². The Bertz CT molecular complexity index is 1300. The number of likely N-dealkylation sites (tertiary alicyclic amines) is 1. The molecule has 0 spiro atoms.